The summed E-state index contributed by atoms with van der Waals surface area (Å²) < 4.78 is 16.4. The fourth-order valence-electron chi connectivity index (χ4n) is 4.27. The van der Waals surface area contributed by atoms with Gasteiger partial charge >= 0.3 is 6.03 Å². The summed E-state index contributed by atoms with van der Waals surface area (Å²) >= 11 is 0. The number of benzene rings is 3. The lowest BCUT2D eigenvalue weighted by molar-refractivity contribution is 0.203. The summed E-state index contributed by atoms with van der Waals surface area (Å²) in [5.41, 5.74) is 4.13. The summed E-state index contributed by atoms with van der Waals surface area (Å²) in [6, 6.07) is 24.2. The molecule has 2 amide bonds. The number of urea groups is 1. The molecule has 1 N–H and O–H groups in total. The van der Waals surface area contributed by atoms with Crippen LogP contribution >= 0.6 is 0 Å². The second kappa shape index (κ2) is 9.95. The average molecular weight is 483 g/mol. The summed E-state index contributed by atoms with van der Waals surface area (Å²) in [4.78, 5) is 19.7. The Bertz CT molecular complexity index is 1400. The molecule has 0 radical (unpaired) electrons. The number of amides is 2. The number of carbonyl (C=O) groups excluding carboxylic acids is 1. The molecule has 36 heavy (non-hydrogen) atoms. The number of carbonyl (C=O) groups is 1. The normalized spacial score (nSPS) is 15.6. The maximum atomic E-state index is 13.3. The van der Waals surface area contributed by atoms with Crippen LogP contribution in [-0.4, -0.2) is 35.3 Å². The number of aromatic nitrogens is 2. The van der Waals surface area contributed by atoms with Crippen LogP contribution < -0.4 is 14.8 Å². The van der Waals surface area contributed by atoms with Crippen LogP contribution in [-0.2, 0) is 6.54 Å². The monoisotopic (exact) mass is 482 g/mol. The van der Waals surface area contributed by atoms with Gasteiger partial charge in [-0.05, 0) is 42.3 Å². The first-order valence-corrected chi connectivity index (χ1v) is 11.5. The molecule has 3 aromatic carbocycles. The van der Waals surface area contributed by atoms with Gasteiger partial charge in [-0.3, -0.25) is 4.90 Å². The molecule has 8 heteroatoms. The van der Waals surface area contributed by atoms with Gasteiger partial charge < -0.3 is 19.3 Å². The van der Waals surface area contributed by atoms with Gasteiger partial charge in [-0.2, -0.15) is 4.98 Å². The van der Waals surface area contributed by atoms with Crippen LogP contribution in [0.1, 0.15) is 30.0 Å². The molecule has 0 bridgehead atoms. The summed E-state index contributed by atoms with van der Waals surface area (Å²) in [5, 5.41) is 7.36. The lowest BCUT2D eigenvalue weighted by atomic mass is 9.94. The molecule has 2 heterocycles. The zero-order valence-corrected chi connectivity index (χ0v) is 20.3. The second-order valence-corrected chi connectivity index (χ2v) is 8.38. The first kappa shape index (κ1) is 23.2. The van der Waals surface area contributed by atoms with E-state index in [4.69, 9.17) is 19.0 Å². The first-order valence-electron chi connectivity index (χ1n) is 11.5. The van der Waals surface area contributed by atoms with Crippen molar-refractivity contribution in [2.24, 2.45) is 0 Å². The third-order valence-corrected chi connectivity index (χ3v) is 6.21. The predicted molar refractivity (Wildman–Crippen MR) is 135 cm³/mol. The highest BCUT2D eigenvalue weighted by molar-refractivity contribution is 5.87. The molecular formula is C28H26N4O4. The Labute approximate surface area is 209 Å². The van der Waals surface area contributed by atoms with E-state index in [1.807, 2.05) is 85.8 Å². The largest absolute Gasteiger partial charge is 0.497 e. The van der Waals surface area contributed by atoms with E-state index >= 15 is 0 Å². The van der Waals surface area contributed by atoms with Gasteiger partial charge in [-0.1, -0.05) is 59.8 Å². The molecule has 0 spiro atoms. The minimum Gasteiger partial charge on any atom is -0.497 e. The van der Waals surface area contributed by atoms with Gasteiger partial charge in [0.2, 0.25) is 5.82 Å². The molecule has 1 aromatic heterocycles. The van der Waals surface area contributed by atoms with Crippen molar-refractivity contribution in [3.8, 4) is 22.9 Å². The molecular weight excluding hydrogens is 456 g/mol. The Hall–Kier alpha value is -4.59. The van der Waals surface area contributed by atoms with Crippen molar-refractivity contribution in [1.29, 1.82) is 0 Å². The lowest BCUT2D eigenvalue weighted by Gasteiger charge is -2.35. The van der Waals surface area contributed by atoms with E-state index < -0.39 is 6.04 Å². The fourth-order valence-corrected chi connectivity index (χ4v) is 4.27. The zero-order chi connectivity index (χ0) is 25.1. The molecule has 0 aliphatic carbocycles. The maximum absolute atomic E-state index is 13.3. The van der Waals surface area contributed by atoms with Crippen LogP contribution in [0.5, 0.6) is 11.5 Å². The van der Waals surface area contributed by atoms with Crippen LogP contribution in [0, 0.1) is 0 Å². The van der Waals surface area contributed by atoms with Crippen LogP contribution in [0.25, 0.3) is 17.0 Å². The number of nitrogens with zero attached hydrogens (tertiary/aromatic N) is 3. The first-order chi connectivity index (χ1) is 17.6. The molecule has 4 aromatic rings. The van der Waals surface area contributed by atoms with Crippen LogP contribution in [0.15, 0.2) is 89.1 Å². The van der Waals surface area contributed by atoms with Crippen molar-refractivity contribution < 1.29 is 18.8 Å². The molecule has 5 rings (SSSR count). The highest BCUT2D eigenvalue weighted by Crippen LogP contribution is 2.38. The molecule has 8 nitrogen and oxygen atoms in total. The molecule has 182 valence electrons. The van der Waals surface area contributed by atoms with Gasteiger partial charge in [-0.15, -0.1) is 0 Å². The van der Waals surface area contributed by atoms with Gasteiger partial charge in [-0.25, -0.2) is 4.79 Å². The smallest absolute Gasteiger partial charge is 0.322 e. The number of hydrogen-bond donors (Lipinski definition) is 1. The molecule has 1 aliphatic heterocycles. The Morgan fingerprint density at radius 1 is 0.944 bits per heavy atom. The van der Waals surface area contributed by atoms with E-state index in [2.05, 4.69) is 10.5 Å². The predicted octanol–water partition coefficient (Wildman–Crippen LogP) is 5.45. The number of methoxy groups -OCH3 is 2. The van der Waals surface area contributed by atoms with Crippen molar-refractivity contribution >= 4 is 11.6 Å². The molecule has 0 fully saturated rings. The van der Waals surface area contributed by atoms with Crippen molar-refractivity contribution in [2.75, 3.05) is 14.2 Å². The highest BCUT2D eigenvalue weighted by Gasteiger charge is 2.35. The minimum absolute atomic E-state index is 0.201. The summed E-state index contributed by atoms with van der Waals surface area (Å²) in [6.07, 6.45) is 0. The SMILES string of the molecule is COc1ccc(C2NC(=O)N(Cc3ccccc3)C(C)=C2c2nc(-c3cccc(OC)c3)no2)cc1. The quantitative estimate of drug-likeness (QED) is 0.377. The number of ether oxygens (including phenoxy) is 2. The van der Waals surface area contributed by atoms with Crippen LogP contribution in [0.3, 0.4) is 0 Å². The number of nitrogens with one attached hydrogen (secondary N) is 1. The molecule has 0 saturated heterocycles. The van der Waals surface area contributed by atoms with E-state index in [1.54, 1.807) is 19.1 Å². The summed E-state index contributed by atoms with van der Waals surface area (Å²) in [6.45, 7) is 2.32. The fraction of sp³-hybridized carbons (Fsp3) is 0.179. The van der Waals surface area contributed by atoms with Crippen molar-refractivity contribution in [3.05, 3.63) is 102 Å². The Kier molecular flexibility index (Phi) is 6.40. The van der Waals surface area contributed by atoms with Gasteiger partial charge in [0.15, 0.2) is 0 Å². The van der Waals surface area contributed by atoms with E-state index in [9.17, 15) is 4.79 Å². The Balaban J connectivity index is 1.59. The van der Waals surface area contributed by atoms with Crippen molar-refractivity contribution in [3.63, 3.8) is 0 Å². The van der Waals surface area contributed by atoms with Gasteiger partial charge in [0.05, 0.1) is 32.4 Å². The number of rotatable bonds is 7. The van der Waals surface area contributed by atoms with Crippen LogP contribution in [0.2, 0.25) is 0 Å². The summed E-state index contributed by atoms with van der Waals surface area (Å²) in [5.74, 6) is 2.20. The lowest BCUT2D eigenvalue weighted by Crippen LogP contribution is -2.45. The highest BCUT2D eigenvalue weighted by atomic mass is 16.5. The average Bonchev–Trinajstić information content (AvgIpc) is 3.41. The van der Waals surface area contributed by atoms with Crippen molar-refractivity contribution in [1.82, 2.24) is 20.4 Å². The minimum atomic E-state index is -0.478. The molecule has 1 aliphatic rings. The van der Waals surface area contributed by atoms with E-state index in [0.717, 1.165) is 33.7 Å². The standard InChI is InChI=1S/C28H26N4O4/c1-18-24(27-30-26(31-36-27)21-10-7-11-23(16-21)35-3)25(20-12-14-22(34-2)15-13-20)29-28(33)32(18)17-19-8-5-4-6-9-19/h4-16,25H,17H2,1-3H3,(H,29,33). The van der Waals surface area contributed by atoms with E-state index in [-0.39, 0.29) is 6.03 Å². The topological polar surface area (TPSA) is 89.7 Å². The van der Waals surface area contributed by atoms with Gasteiger partial charge in [0.1, 0.15) is 11.5 Å². The number of hydrogen-bond acceptors (Lipinski definition) is 6. The Morgan fingerprint density at radius 3 is 2.42 bits per heavy atom. The summed E-state index contributed by atoms with van der Waals surface area (Å²) in [7, 11) is 3.23. The molecule has 1 atom stereocenters. The van der Waals surface area contributed by atoms with Crippen LogP contribution in [0.4, 0.5) is 4.79 Å². The maximum Gasteiger partial charge on any atom is 0.322 e. The second-order valence-electron chi connectivity index (χ2n) is 8.38. The van der Waals surface area contributed by atoms with Gasteiger partial charge in [0.25, 0.3) is 5.89 Å². The van der Waals surface area contributed by atoms with E-state index in [0.29, 0.717) is 24.0 Å². The van der Waals surface area contributed by atoms with Gasteiger partial charge in [0, 0.05) is 11.3 Å². The molecule has 0 saturated carbocycles. The number of allylic oxidation sites excluding steroid dienone is 1. The van der Waals surface area contributed by atoms with E-state index in [1.165, 1.54) is 0 Å². The Morgan fingerprint density at radius 2 is 1.69 bits per heavy atom. The third kappa shape index (κ3) is 4.53. The van der Waals surface area contributed by atoms with Crippen molar-refractivity contribution in [2.45, 2.75) is 19.5 Å². The third-order valence-electron chi connectivity index (χ3n) is 6.21. The molecule has 1 unspecified atom stereocenters. The zero-order valence-electron chi connectivity index (χ0n) is 20.3.